The fourth-order valence-corrected chi connectivity index (χ4v) is 5.59. The number of H-pyrrole nitrogens is 1. The molecule has 43 heavy (non-hydrogen) atoms. The summed E-state index contributed by atoms with van der Waals surface area (Å²) in [6.07, 6.45) is 3.46. The molecule has 1 saturated heterocycles. The number of amides is 1. The number of carbonyl (C=O) groups is 1. The summed E-state index contributed by atoms with van der Waals surface area (Å²) in [6, 6.07) is 15.0. The maximum Gasteiger partial charge on any atom is 0.255 e. The van der Waals surface area contributed by atoms with Gasteiger partial charge in [-0.3, -0.25) is 4.79 Å². The third-order valence-electron chi connectivity index (χ3n) is 8.03. The van der Waals surface area contributed by atoms with E-state index in [2.05, 4.69) is 45.5 Å². The number of fused-ring (bicyclic) bond motifs is 1. The number of nitrogens with one attached hydrogen (secondary N) is 1. The van der Waals surface area contributed by atoms with Gasteiger partial charge in [0.2, 0.25) is 0 Å². The molecule has 0 radical (unpaired) electrons. The van der Waals surface area contributed by atoms with E-state index in [1.165, 1.54) is 11.0 Å². The van der Waals surface area contributed by atoms with Crippen molar-refractivity contribution in [2.75, 3.05) is 38.1 Å². The molecular formula is C35H29F3N4O. The number of anilines is 1. The molecule has 216 valence electrons. The van der Waals surface area contributed by atoms with Crippen molar-refractivity contribution in [2.45, 2.75) is 19.0 Å². The van der Waals surface area contributed by atoms with Gasteiger partial charge in [-0.25, -0.2) is 13.2 Å². The van der Waals surface area contributed by atoms with Gasteiger partial charge in [0.1, 0.15) is 17.5 Å². The van der Waals surface area contributed by atoms with Gasteiger partial charge in [0.25, 0.3) is 5.91 Å². The average molecular weight is 579 g/mol. The molecule has 3 heterocycles. The first kappa shape index (κ1) is 28.2. The van der Waals surface area contributed by atoms with Gasteiger partial charge in [-0.05, 0) is 78.5 Å². The molecule has 2 aliphatic heterocycles. The summed E-state index contributed by atoms with van der Waals surface area (Å²) in [7, 11) is 2.11. The summed E-state index contributed by atoms with van der Waals surface area (Å²) in [5, 5.41) is 0. The van der Waals surface area contributed by atoms with Crippen LogP contribution in [0.1, 0.15) is 39.5 Å². The van der Waals surface area contributed by atoms with E-state index in [1.807, 2.05) is 24.3 Å². The van der Waals surface area contributed by atoms with Crippen LogP contribution in [-0.4, -0.2) is 53.9 Å². The van der Waals surface area contributed by atoms with Crippen LogP contribution in [0.3, 0.4) is 0 Å². The van der Waals surface area contributed by atoms with Crippen LogP contribution in [0.5, 0.6) is 0 Å². The summed E-state index contributed by atoms with van der Waals surface area (Å²) >= 11 is 0. The van der Waals surface area contributed by atoms with Gasteiger partial charge in [0.05, 0.1) is 12.6 Å². The number of likely N-dealkylation sites (N-methyl/N-ethyl adjacent to an activating group) is 1. The second-order valence-electron chi connectivity index (χ2n) is 10.8. The van der Waals surface area contributed by atoms with E-state index < -0.39 is 29.4 Å². The number of carbonyl (C=O) groups excluding carboxylic acids is 1. The summed E-state index contributed by atoms with van der Waals surface area (Å²) in [4.78, 5) is 22.6. The molecule has 1 unspecified atom stereocenters. The Labute approximate surface area is 248 Å². The minimum absolute atomic E-state index is 0.00977. The lowest BCUT2D eigenvalue weighted by atomic mass is 9.99. The van der Waals surface area contributed by atoms with Crippen molar-refractivity contribution in [3.63, 3.8) is 0 Å². The zero-order chi connectivity index (χ0) is 29.9. The Bertz CT molecular complexity index is 1770. The number of rotatable bonds is 5. The molecule has 0 spiro atoms. The van der Waals surface area contributed by atoms with E-state index in [9.17, 15) is 13.6 Å². The number of aromatic nitrogens is 1. The van der Waals surface area contributed by atoms with Gasteiger partial charge >= 0.3 is 0 Å². The molecule has 1 N–H and O–H groups in total. The van der Waals surface area contributed by atoms with E-state index in [4.69, 9.17) is 0 Å². The van der Waals surface area contributed by atoms with Crippen LogP contribution < -0.4 is 4.90 Å². The maximum absolute atomic E-state index is 15.5. The van der Waals surface area contributed by atoms with E-state index >= 15 is 4.39 Å². The topological polar surface area (TPSA) is 42.6 Å². The van der Waals surface area contributed by atoms with E-state index in [0.29, 0.717) is 5.56 Å². The number of benzene rings is 3. The van der Waals surface area contributed by atoms with Crippen molar-refractivity contribution < 1.29 is 18.0 Å². The molecule has 0 saturated carbocycles. The predicted octanol–water partition coefficient (Wildman–Crippen LogP) is 5.99. The lowest BCUT2D eigenvalue weighted by Crippen LogP contribution is -2.44. The van der Waals surface area contributed by atoms with Crippen LogP contribution in [-0.2, 0) is 6.54 Å². The van der Waals surface area contributed by atoms with Crippen molar-refractivity contribution in [3.8, 4) is 34.8 Å². The van der Waals surface area contributed by atoms with Crippen LogP contribution >= 0.6 is 0 Å². The molecule has 6 rings (SSSR count). The van der Waals surface area contributed by atoms with Gasteiger partial charge < -0.3 is 19.7 Å². The summed E-state index contributed by atoms with van der Waals surface area (Å²) in [6.45, 7) is 3.77. The van der Waals surface area contributed by atoms with Crippen LogP contribution in [0.4, 0.5) is 18.9 Å². The first-order valence-corrected chi connectivity index (χ1v) is 14.1. The average Bonchev–Trinajstić information content (AvgIpc) is 3.65. The van der Waals surface area contributed by atoms with E-state index in [-0.39, 0.29) is 29.7 Å². The molecule has 5 nitrogen and oxygen atoms in total. The number of hydrogen-bond donors (Lipinski definition) is 1. The molecule has 1 aromatic heterocycles. The van der Waals surface area contributed by atoms with Crippen molar-refractivity contribution >= 4 is 11.6 Å². The highest BCUT2D eigenvalue weighted by molar-refractivity contribution is 6.00. The Morgan fingerprint density at radius 3 is 2.42 bits per heavy atom. The number of aromatic amines is 1. The molecule has 4 aromatic rings. The molecule has 0 aliphatic carbocycles. The monoisotopic (exact) mass is 578 g/mol. The summed E-state index contributed by atoms with van der Waals surface area (Å²) in [5.74, 6) is 8.94. The van der Waals surface area contributed by atoms with Crippen molar-refractivity contribution in [1.29, 1.82) is 0 Å². The van der Waals surface area contributed by atoms with E-state index in [0.717, 1.165) is 61.2 Å². The Morgan fingerprint density at radius 1 is 0.884 bits per heavy atom. The number of nitrogens with zero attached hydrogens (tertiary/aromatic N) is 3. The van der Waals surface area contributed by atoms with E-state index in [1.54, 1.807) is 24.5 Å². The second kappa shape index (κ2) is 12.1. The van der Waals surface area contributed by atoms with Crippen molar-refractivity contribution in [3.05, 3.63) is 113 Å². The smallest absolute Gasteiger partial charge is 0.255 e. The van der Waals surface area contributed by atoms with Crippen LogP contribution in [0.2, 0.25) is 0 Å². The first-order chi connectivity index (χ1) is 20.9. The van der Waals surface area contributed by atoms with Gasteiger partial charge in [0, 0.05) is 72.9 Å². The standard InChI is InChI=1S/C35H29F3N4O/c1-40-15-17-41(18-16-40)28-10-7-25(8-11-28)26-19-29-31(33(38)20-26)23-42(35(29)43)34(30-21-27(36)9-12-32(30)37)6-4-2-3-5-24-13-14-39-22-24/h7-14,19-22,34,39H,6,15-18,23H2,1H3. The van der Waals surface area contributed by atoms with Crippen molar-refractivity contribution in [2.24, 2.45) is 0 Å². The normalized spacial score (nSPS) is 15.4. The first-order valence-electron chi connectivity index (χ1n) is 14.1. The lowest BCUT2D eigenvalue weighted by Gasteiger charge is -2.34. The maximum atomic E-state index is 15.5. The third kappa shape index (κ3) is 6.02. The van der Waals surface area contributed by atoms with Crippen LogP contribution in [0.15, 0.2) is 73.1 Å². The Kier molecular flexibility index (Phi) is 7.96. The number of hydrogen-bond acceptors (Lipinski definition) is 3. The molecule has 3 aromatic carbocycles. The molecule has 1 atom stereocenters. The molecular weight excluding hydrogens is 549 g/mol. The van der Waals surface area contributed by atoms with Gasteiger partial charge in [-0.15, -0.1) is 0 Å². The minimum atomic E-state index is -0.942. The highest BCUT2D eigenvalue weighted by Crippen LogP contribution is 2.38. The largest absolute Gasteiger partial charge is 0.369 e. The Morgan fingerprint density at radius 2 is 1.67 bits per heavy atom. The van der Waals surface area contributed by atoms with Crippen LogP contribution in [0, 0.1) is 41.1 Å². The zero-order valence-corrected chi connectivity index (χ0v) is 23.6. The van der Waals surface area contributed by atoms with Crippen molar-refractivity contribution in [1.82, 2.24) is 14.8 Å². The number of piperazine rings is 1. The quantitative estimate of drug-likeness (QED) is 0.296. The Balaban J connectivity index is 1.27. The van der Waals surface area contributed by atoms with Gasteiger partial charge in [0.15, 0.2) is 0 Å². The SMILES string of the molecule is CN1CCN(c2ccc(-c3cc(F)c4c(c3)C(=O)N(C(CC#CC#Cc3cc[nH]c3)c3cc(F)ccc3F)C4)cc2)CC1. The fraction of sp³-hybridized carbons (Fsp3) is 0.229. The summed E-state index contributed by atoms with van der Waals surface area (Å²) < 4.78 is 44.7. The predicted molar refractivity (Wildman–Crippen MR) is 161 cm³/mol. The Hall–Kier alpha value is -4.92. The summed E-state index contributed by atoms with van der Waals surface area (Å²) in [5.41, 5.74) is 3.63. The van der Waals surface area contributed by atoms with Gasteiger partial charge in [-0.1, -0.05) is 24.0 Å². The highest BCUT2D eigenvalue weighted by atomic mass is 19.1. The molecule has 8 heteroatoms. The second-order valence-corrected chi connectivity index (χ2v) is 10.8. The van der Waals surface area contributed by atoms with Gasteiger partial charge in [-0.2, -0.15) is 0 Å². The molecule has 0 bridgehead atoms. The number of halogens is 3. The highest BCUT2D eigenvalue weighted by Gasteiger charge is 2.36. The van der Waals surface area contributed by atoms with Crippen LogP contribution in [0.25, 0.3) is 11.1 Å². The lowest BCUT2D eigenvalue weighted by molar-refractivity contribution is 0.0700. The molecule has 2 aliphatic rings. The zero-order valence-electron chi connectivity index (χ0n) is 23.6. The fourth-order valence-electron chi connectivity index (χ4n) is 5.59. The minimum Gasteiger partial charge on any atom is -0.369 e. The molecule has 1 amide bonds. The third-order valence-corrected chi connectivity index (χ3v) is 8.03. The molecule has 1 fully saturated rings.